The first-order valence-electron chi connectivity index (χ1n) is 9.59. The molecule has 0 radical (unpaired) electrons. The zero-order valence-corrected chi connectivity index (χ0v) is 18.7. The molecule has 3 aromatic carbocycles. The van der Waals surface area contributed by atoms with Gasteiger partial charge >= 0.3 is 5.97 Å². The van der Waals surface area contributed by atoms with E-state index in [2.05, 4.69) is 0 Å². The largest absolute Gasteiger partial charge is 0.497 e. The fourth-order valence-electron chi connectivity index (χ4n) is 3.49. The molecule has 0 saturated heterocycles. The SMILES string of the molecule is COc1ccc(OC(=O)c2cc(-c3ccc(Cl)cc3Cl)nc3c(C)cc(C)cc23)cc1. The highest BCUT2D eigenvalue weighted by Crippen LogP contribution is 2.33. The molecule has 0 atom stereocenters. The van der Waals surface area contributed by atoms with Crippen LogP contribution in [0.4, 0.5) is 0 Å². The molecule has 0 spiro atoms. The van der Waals surface area contributed by atoms with E-state index in [4.69, 9.17) is 37.7 Å². The van der Waals surface area contributed by atoms with Crippen LogP contribution in [-0.2, 0) is 0 Å². The number of fused-ring (bicyclic) bond motifs is 1. The number of ether oxygens (including phenoxy) is 2. The van der Waals surface area contributed by atoms with Crippen LogP contribution in [0.1, 0.15) is 21.5 Å². The zero-order valence-electron chi connectivity index (χ0n) is 17.2. The van der Waals surface area contributed by atoms with Crippen LogP contribution in [0, 0.1) is 13.8 Å². The van der Waals surface area contributed by atoms with Gasteiger partial charge in [0.2, 0.25) is 0 Å². The smallest absolute Gasteiger partial charge is 0.344 e. The van der Waals surface area contributed by atoms with Gasteiger partial charge in [0.25, 0.3) is 0 Å². The molecule has 31 heavy (non-hydrogen) atoms. The van der Waals surface area contributed by atoms with Crippen LogP contribution in [0.15, 0.2) is 60.7 Å². The lowest BCUT2D eigenvalue weighted by Gasteiger charge is -2.13. The van der Waals surface area contributed by atoms with Crippen molar-refractivity contribution in [3.8, 4) is 22.8 Å². The average Bonchev–Trinajstić information content (AvgIpc) is 2.74. The predicted octanol–water partition coefficient (Wildman–Crippen LogP) is 7.05. The van der Waals surface area contributed by atoms with Gasteiger partial charge in [-0.3, -0.25) is 0 Å². The Labute approximate surface area is 190 Å². The molecule has 0 fully saturated rings. The Balaban J connectivity index is 1.86. The first-order chi connectivity index (χ1) is 14.9. The van der Waals surface area contributed by atoms with Crippen molar-refractivity contribution in [2.45, 2.75) is 13.8 Å². The van der Waals surface area contributed by atoms with Crippen molar-refractivity contribution in [1.82, 2.24) is 4.98 Å². The Bertz CT molecular complexity index is 1300. The minimum absolute atomic E-state index is 0.411. The van der Waals surface area contributed by atoms with Gasteiger partial charge in [-0.05, 0) is 74.0 Å². The normalized spacial score (nSPS) is 10.9. The summed E-state index contributed by atoms with van der Waals surface area (Å²) in [6.07, 6.45) is 0. The molecule has 156 valence electrons. The van der Waals surface area contributed by atoms with Gasteiger partial charge in [0.05, 0.1) is 28.9 Å². The van der Waals surface area contributed by atoms with E-state index in [0.717, 1.165) is 22.0 Å². The van der Waals surface area contributed by atoms with Crippen molar-refractivity contribution in [3.63, 3.8) is 0 Å². The highest BCUT2D eigenvalue weighted by atomic mass is 35.5. The van der Waals surface area contributed by atoms with Crippen LogP contribution in [0.25, 0.3) is 22.2 Å². The number of nitrogens with zero attached hydrogens (tertiary/aromatic N) is 1. The van der Waals surface area contributed by atoms with E-state index in [1.54, 1.807) is 55.6 Å². The summed E-state index contributed by atoms with van der Waals surface area (Å²) in [4.78, 5) is 18.0. The van der Waals surface area contributed by atoms with Gasteiger partial charge in [0.15, 0.2) is 0 Å². The molecular weight excluding hydrogens is 433 g/mol. The van der Waals surface area contributed by atoms with Gasteiger partial charge in [0.1, 0.15) is 11.5 Å². The molecule has 0 aliphatic heterocycles. The Hall–Kier alpha value is -3.08. The third-order valence-electron chi connectivity index (χ3n) is 4.95. The third-order valence-corrected chi connectivity index (χ3v) is 5.49. The third kappa shape index (κ3) is 4.36. The molecule has 0 saturated carbocycles. The number of methoxy groups -OCH3 is 1. The number of esters is 1. The molecule has 4 aromatic rings. The summed E-state index contributed by atoms with van der Waals surface area (Å²) in [5, 5.41) is 1.71. The highest BCUT2D eigenvalue weighted by molar-refractivity contribution is 6.36. The van der Waals surface area contributed by atoms with E-state index in [0.29, 0.717) is 38.4 Å². The Kier molecular flexibility index (Phi) is 5.86. The van der Waals surface area contributed by atoms with Crippen LogP contribution >= 0.6 is 23.2 Å². The maximum Gasteiger partial charge on any atom is 0.344 e. The second-order valence-electron chi connectivity index (χ2n) is 7.22. The molecule has 0 unspecified atom stereocenters. The van der Waals surface area contributed by atoms with E-state index >= 15 is 0 Å². The summed E-state index contributed by atoms with van der Waals surface area (Å²) in [5.74, 6) is 0.625. The number of pyridine rings is 1. The number of carbonyl (C=O) groups excluding carboxylic acids is 1. The van der Waals surface area contributed by atoms with Crippen molar-refractivity contribution in [3.05, 3.63) is 87.4 Å². The summed E-state index contributed by atoms with van der Waals surface area (Å²) in [6, 6.07) is 17.7. The number of aryl methyl sites for hydroxylation is 2. The Morgan fingerprint density at radius 3 is 2.29 bits per heavy atom. The maximum absolute atomic E-state index is 13.2. The van der Waals surface area contributed by atoms with Gasteiger partial charge in [-0.15, -0.1) is 0 Å². The average molecular weight is 452 g/mol. The van der Waals surface area contributed by atoms with Gasteiger partial charge in [-0.1, -0.05) is 34.8 Å². The van der Waals surface area contributed by atoms with E-state index < -0.39 is 5.97 Å². The summed E-state index contributed by atoms with van der Waals surface area (Å²) in [7, 11) is 1.58. The summed E-state index contributed by atoms with van der Waals surface area (Å²) in [6.45, 7) is 3.95. The van der Waals surface area contributed by atoms with Crippen molar-refractivity contribution in [2.75, 3.05) is 7.11 Å². The van der Waals surface area contributed by atoms with E-state index in [-0.39, 0.29) is 0 Å². The monoisotopic (exact) mass is 451 g/mol. The Morgan fingerprint density at radius 1 is 0.903 bits per heavy atom. The second kappa shape index (κ2) is 8.58. The van der Waals surface area contributed by atoms with Gasteiger partial charge in [-0.2, -0.15) is 0 Å². The molecule has 0 amide bonds. The second-order valence-corrected chi connectivity index (χ2v) is 8.07. The number of hydrogen-bond acceptors (Lipinski definition) is 4. The molecular formula is C25H19Cl2NO3. The minimum atomic E-state index is -0.478. The minimum Gasteiger partial charge on any atom is -0.497 e. The summed E-state index contributed by atoms with van der Waals surface area (Å²) < 4.78 is 10.8. The van der Waals surface area contributed by atoms with Crippen LogP contribution in [-0.4, -0.2) is 18.1 Å². The van der Waals surface area contributed by atoms with Gasteiger partial charge < -0.3 is 9.47 Å². The number of benzene rings is 3. The molecule has 0 bridgehead atoms. The lowest BCUT2D eigenvalue weighted by atomic mass is 10.00. The van der Waals surface area contributed by atoms with Crippen molar-refractivity contribution in [1.29, 1.82) is 0 Å². The number of aromatic nitrogens is 1. The molecule has 6 heteroatoms. The van der Waals surface area contributed by atoms with Gasteiger partial charge in [-0.25, -0.2) is 9.78 Å². The molecule has 0 aliphatic rings. The predicted molar refractivity (Wildman–Crippen MR) is 125 cm³/mol. The first-order valence-corrected chi connectivity index (χ1v) is 10.3. The van der Waals surface area contributed by atoms with E-state index in [1.807, 2.05) is 26.0 Å². The number of halogens is 2. The number of carbonyl (C=O) groups is 1. The van der Waals surface area contributed by atoms with E-state index in [9.17, 15) is 4.79 Å². The summed E-state index contributed by atoms with van der Waals surface area (Å²) >= 11 is 12.5. The first kappa shape index (κ1) is 21.2. The van der Waals surface area contributed by atoms with Crippen molar-refractivity contribution < 1.29 is 14.3 Å². The molecule has 1 aromatic heterocycles. The van der Waals surface area contributed by atoms with Crippen molar-refractivity contribution in [2.24, 2.45) is 0 Å². The quantitative estimate of drug-likeness (QED) is 0.246. The standard InChI is InChI=1S/C25H19Cl2NO3/c1-14-10-15(2)24-20(11-14)21(25(29)31-18-7-5-17(30-3)6-8-18)13-23(28-24)19-9-4-16(26)12-22(19)27/h4-13H,1-3H3. The summed E-state index contributed by atoms with van der Waals surface area (Å²) in [5.41, 5.74) is 4.38. The van der Waals surface area contributed by atoms with Gasteiger partial charge in [0, 0.05) is 16.0 Å². The molecule has 0 N–H and O–H groups in total. The van der Waals surface area contributed by atoms with Crippen LogP contribution in [0.5, 0.6) is 11.5 Å². The van der Waals surface area contributed by atoms with E-state index in [1.165, 1.54) is 0 Å². The highest BCUT2D eigenvalue weighted by Gasteiger charge is 2.19. The number of rotatable bonds is 4. The maximum atomic E-state index is 13.2. The lowest BCUT2D eigenvalue weighted by Crippen LogP contribution is -2.10. The van der Waals surface area contributed by atoms with Crippen LogP contribution in [0.3, 0.4) is 0 Å². The fraction of sp³-hybridized carbons (Fsp3) is 0.120. The number of hydrogen-bond donors (Lipinski definition) is 0. The zero-order chi connectivity index (χ0) is 22.1. The van der Waals surface area contributed by atoms with Crippen LogP contribution in [0.2, 0.25) is 10.0 Å². The fourth-order valence-corrected chi connectivity index (χ4v) is 4.00. The van der Waals surface area contributed by atoms with Crippen molar-refractivity contribution >= 4 is 40.1 Å². The molecule has 0 aliphatic carbocycles. The van der Waals surface area contributed by atoms with Crippen LogP contribution < -0.4 is 9.47 Å². The molecule has 4 rings (SSSR count). The topological polar surface area (TPSA) is 48.4 Å². The molecule has 4 nitrogen and oxygen atoms in total. The Morgan fingerprint density at radius 2 is 1.61 bits per heavy atom. The lowest BCUT2D eigenvalue weighted by molar-refractivity contribution is 0.0736. The molecule has 1 heterocycles.